The number of carbonyl (C=O) groups is 3. The monoisotopic (exact) mass is 280 g/mol. The summed E-state index contributed by atoms with van der Waals surface area (Å²) in [6.45, 7) is 0.947. The number of carbonyl (C=O) groups excluding carboxylic acids is 3. The van der Waals surface area contributed by atoms with Crippen LogP contribution in [-0.2, 0) is 4.79 Å². The van der Waals surface area contributed by atoms with E-state index in [1.807, 2.05) is 0 Å². The van der Waals surface area contributed by atoms with Crippen LogP contribution in [0.2, 0.25) is 0 Å². The van der Waals surface area contributed by atoms with Gasteiger partial charge in [-0.05, 0) is 6.92 Å². The van der Waals surface area contributed by atoms with Crippen LogP contribution in [0.15, 0.2) is 5.76 Å². The van der Waals surface area contributed by atoms with Crippen molar-refractivity contribution in [1.29, 1.82) is 0 Å². The smallest absolute Gasteiger partial charge is 0.271 e. The van der Waals surface area contributed by atoms with Gasteiger partial charge < -0.3 is 25.5 Å². The molecule has 20 heavy (non-hydrogen) atoms. The van der Waals surface area contributed by atoms with E-state index in [4.69, 9.17) is 0 Å². The second-order valence-corrected chi connectivity index (χ2v) is 4.08. The van der Waals surface area contributed by atoms with Crippen molar-refractivity contribution in [3.05, 3.63) is 22.4 Å². The Bertz CT molecular complexity index is 726. The minimum Gasteiger partial charge on any atom is -0.506 e. The fraction of sp³-hybridized carbons (Fsp3) is 0.0833. The van der Waals surface area contributed by atoms with Crippen LogP contribution in [0.1, 0.15) is 33.2 Å². The van der Waals surface area contributed by atoms with Crippen molar-refractivity contribution in [1.82, 2.24) is 0 Å². The minimum atomic E-state index is -1.51. The number of Topliss-reactive ketones (excluding diaryl/α,β-unsaturated/α-hetero) is 3. The van der Waals surface area contributed by atoms with Crippen LogP contribution in [0.4, 0.5) is 0 Å². The van der Waals surface area contributed by atoms with Crippen LogP contribution in [0.25, 0.3) is 5.76 Å². The number of aliphatic hydroxyl groups excluding tert-OH is 2. The molecule has 0 fully saturated rings. The lowest BCUT2D eigenvalue weighted by atomic mass is 9.88. The number of allylic oxidation sites excluding steroid dienone is 1. The molecule has 0 radical (unpaired) electrons. The lowest BCUT2D eigenvalue weighted by Crippen LogP contribution is -2.24. The molecule has 0 bridgehead atoms. The van der Waals surface area contributed by atoms with E-state index in [2.05, 4.69) is 0 Å². The van der Waals surface area contributed by atoms with Crippen molar-refractivity contribution < 1.29 is 39.9 Å². The molecule has 0 saturated carbocycles. The maximum atomic E-state index is 11.7. The van der Waals surface area contributed by atoms with Gasteiger partial charge in [0.25, 0.3) is 5.78 Å². The summed E-state index contributed by atoms with van der Waals surface area (Å²) in [6.07, 6.45) is 0. The van der Waals surface area contributed by atoms with E-state index in [9.17, 15) is 39.9 Å². The number of ketones is 3. The Kier molecular flexibility index (Phi) is 2.67. The lowest BCUT2D eigenvalue weighted by molar-refractivity contribution is -0.114. The summed E-state index contributed by atoms with van der Waals surface area (Å²) in [5.74, 6) is -9.55. The Morgan fingerprint density at radius 1 is 0.750 bits per heavy atom. The van der Waals surface area contributed by atoms with Crippen molar-refractivity contribution >= 4 is 23.1 Å². The average molecular weight is 280 g/mol. The third kappa shape index (κ3) is 1.44. The number of aliphatic hydroxyl groups is 2. The molecule has 1 aromatic rings. The van der Waals surface area contributed by atoms with Crippen LogP contribution in [0, 0.1) is 0 Å². The van der Waals surface area contributed by atoms with Gasteiger partial charge in [0.15, 0.2) is 23.0 Å². The van der Waals surface area contributed by atoms with Crippen LogP contribution in [-0.4, -0.2) is 42.9 Å². The Hall–Kier alpha value is -3.03. The zero-order valence-corrected chi connectivity index (χ0v) is 9.96. The molecular formula is C12H8O8. The van der Waals surface area contributed by atoms with Crippen LogP contribution < -0.4 is 0 Å². The first-order chi connectivity index (χ1) is 9.20. The minimum absolute atomic E-state index is 0.767. The SMILES string of the molecule is CC(=O)c1c(O)c(O)c2c(c1O)C(=O)C(=O)C(O)=C2O. The summed E-state index contributed by atoms with van der Waals surface area (Å²) in [5.41, 5.74) is -2.44. The molecular weight excluding hydrogens is 272 g/mol. The Labute approximate surface area is 110 Å². The van der Waals surface area contributed by atoms with Gasteiger partial charge in [-0.1, -0.05) is 0 Å². The van der Waals surface area contributed by atoms with E-state index in [0.717, 1.165) is 6.92 Å². The number of hydrogen-bond donors (Lipinski definition) is 5. The second-order valence-electron chi connectivity index (χ2n) is 4.08. The highest BCUT2D eigenvalue weighted by molar-refractivity contribution is 6.52. The predicted octanol–water partition coefficient (Wildman–Crippen LogP) is 0.556. The molecule has 1 aliphatic rings. The molecule has 1 aromatic carbocycles. The Morgan fingerprint density at radius 2 is 1.30 bits per heavy atom. The number of rotatable bonds is 1. The van der Waals surface area contributed by atoms with Crippen molar-refractivity contribution in [2.24, 2.45) is 0 Å². The van der Waals surface area contributed by atoms with E-state index in [1.54, 1.807) is 0 Å². The van der Waals surface area contributed by atoms with Crippen LogP contribution in [0.3, 0.4) is 0 Å². The summed E-state index contributed by atoms with van der Waals surface area (Å²) in [5, 5.41) is 48.0. The summed E-state index contributed by atoms with van der Waals surface area (Å²) in [6, 6.07) is 0. The van der Waals surface area contributed by atoms with Gasteiger partial charge in [-0.2, -0.15) is 0 Å². The molecule has 0 aromatic heterocycles. The van der Waals surface area contributed by atoms with Crippen molar-refractivity contribution in [2.75, 3.05) is 0 Å². The van der Waals surface area contributed by atoms with E-state index in [1.165, 1.54) is 0 Å². The molecule has 104 valence electrons. The molecule has 8 heteroatoms. The van der Waals surface area contributed by atoms with Crippen LogP contribution in [0.5, 0.6) is 17.2 Å². The molecule has 2 rings (SSSR count). The maximum Gasteiger partial charge on any atom is 0.271 e. The zero-order valence-electron chi connectivity index (χ0n) is 9.96. The van der Waals surface area contributed by atoms with Gasteiger partial charge in [-0.15, -0.1) is 0 Å². The van der Waals surface area contributed by atoms with Crippen LogP contribution >= 0.6 is 0 Å². The van der Waals surface area contributed by atoms with E-state index < -0.39 is 62.8 Å². The number of hydrogen-bond acceptors (Lipinski definition) is 8. The number of phenolic OH excluding ortho intramolecular Hbond substituents is 3. The topological polar surface area (TPSA) is 152 Å². The molecule has 0 saturated heterocycles. The van der Waals surface area contributed by atoms with Gasteiger partial charge in [0, 0.05) is 0 Å². The highest BCUT2D eigenvalue weighted by Crippen LogP contribution is 2.47. The first-order valence-corrected chi connectivity index (χ1v) is 5.23. The summed E-state index contributed by atoms with van der Waals surface area (Å²) < 4.78 is 0. The Morgan fingerprint density at radius 3 is 1.80 bits per heavy atom. The van der Waals surface area contributed by atoms with Crippen molar-refractivity contribution in [2.45, 2.75) is 6.92 Å². The standard InChI is InChI=1S/C12H8O8/c1-2(13)3-6(14)4-5(8(16)7(3)15)10(18)12(20)11(19)9(4)17/h14-16,18,20H,1H3. The molecule has 0 heterocycles. The summed E-state index contributed by atoms with van der Waals surface area (Å²) in [4.78, 5) is 34.4. The highest BCUT2D eigenvalue weighted by Gasteiger charge is 2.40. The first kappa shape index (κ1) is 13.4. The van der Waals surface area contributed by atoms with Gasteiger partial charge >= 0.3 is 0 Å². The molecule has 1 aliphatic carbocycles. The quantitative estimate of drug-likeness (QED) is 0.216. The molecule has 0 aliphatic heterocycles. The molecule has 0 amide bonds. The number of phenols is 3. The predicted molar refractivity (Wildman–Crippen MR) is 63.0 cm³/mol. The largest absolute Gasteiger partial charge is 0.506 e. The van der Waals surface area contributed by atoms with Crippen molar-refractivity contribution in [3.8, 4) is 17.2 Å². The lowest BCUT2D eigenvalue weighted by Gasteiger charge is -2.19. The first-order valence-electron chi connectivity index (χ1n) is 5.23. The normalized spacial score (nSPS) is 14.4. The summed E-state index contributed by atoms with van der Waals surface area (Å²) in [7, 11) is 0. The highest BCUT2D eigenvalue weighted by atomic mass is 16.3. The molecule has 0 unspecified atom stereocenters. The molecule has 5 N–H and O–H groups in total. The second kappa shape index (κ2) is 3.98. The van der Waals surface area contributed by atoms with E-state index in [0.29, 0.717) is 0 Å². The average Bonchev–Trinajstić information content (AvgIpc) is 2.37. The van der Waals surface area contributed by atoms with Gasteiger partial charge in [0.05, 0.1) is 11.1 Å². The zero-order chi connectivity index (χ0) is 15.4. The van der Waals surface area contributed by atoms with E-state index >= 15 is 0 Å². The molecule has 0 spiro atoms. The summed E-state index contributed by atoms with van der Waals surface area (Å²) >= 11 is 0. The number of benzene rings is 1. The van der Waals surface area contributed by atoms with Gasteiger partial charge in [0.2, 0.25) is 11.5 Å². The van der Waals surface area contributed by atoms with Gasteiger partial charge in [0.1, 0.15) is 11.3 Å². The van der Waals surface area contributed by atoms with Crippen molar-refractivity contribution in [3.63, 3.8) is 0 Å². The molecule has 8 nitrogen and oxygen atoms in total. The fourth-order valence-electron chi connectivity index (χ4n) is 1.94. The van der Waals surface area contributed by atoms with Gasteiger partial charge in [-0.25, -0.2) is 0 Å². The number of aromatic hydroxyl groups is 3. The number of fused-ring (bicyclic) bond motifs is 1. The van der Waals surface area contributed by atoms with Gasteiger partial charge in [-0.3, -0.25) is 14.4 Å². The van der Waals surface area contributed by atoms with E-state index in [-0.39, 0.29) is 0 Å². The Balaban J connectivity index is 3.03. The molecule has 0 atom stereocenters. The third-order valence-electron chi connectivity index (χ3n) is 2.88. The maximum absolute atomic E-state index is 11.7. The fourth-order valence-corrected chi connectivity index (χ4v) is 1.94. The third-order valence-corrected chi connectivity index (χ3v) is 2.88.